The summed E-state index contributed by atoms with van der Waals surface area (Å²) in [4.78, 5) is 11.5. The van der Waals surface area contributed by atoms with E-state index in [0.717, 1.165) is 12.3 Å². The molecular formula is C11H8F3N5O2. The number of hydrogen-bond donors (Lipinski definition) is 2. The van der Waals surface area contributed by atoms with Gasteiger partial charge in [-0.2, -0.15) is 18.3 Å². The second kappa shape index (κ2) is 5.61. The molecule has 0 radical (unpaired) electrons. The van der Waals surface area contributed by atoms with Crippen LogP contribution in [0.25, 0.3) is 0 Å². The summed E-state index contributed by atoms with van der Waals surface area (Å²) in [5.74, 6) is -1.10. The topological polar surface area (TPSA) is 106 Å². The quantitative estimate of drug-likeness (QED) is 0.658. The van der Waals surface area contributed by atoms with Gasteiger partial charge in [-0.05, 0) is 16.4 Å². The van der Waals surface area contributed by atoms with Crippen molar-refractivity contribution in [2.75, 3.05) is 5.73 Å². The molecule has 2 aromatic rings. The number of benzene rings is 1. The smallest absolute Gasteiger partial charge is 0.379 e. The van der Waals surface area contributed by atoms with Crippen molar-refractivity contribution in [1.29, 1.82) is 0 Å². The summed E-state index contributed by atoms with van der Waals surface area (Å²) >= 11 is 0. The predicted octanol–water partition coefficient (Wildman–Crippen LogP) is 1.43. The van der Waals surface area contributed by atoms with Crippen molar-refractivity contribution in [2.24, 2.45) is 5.10 Å². The van der Waals surface area contributed by atoms with Gasteiger partial charge in [0.15, 0.2) is 0 Å². The number of aromatic nitrogens is 2. The van der Waals surface area contributed by atoms with Crippen LogP contribution in [0.15, 0.2) is 34.0 Å². The molecule has 0 spiro atoms. The van der Waals surface area contributed by atoms with Crippen molar-refractivity contribution < 1.29 is 22.6 Å². The molecule has 0 saturated carbocycles. The molecule has 7 nitrogen and oxygen atoms in total. The Bertz CT molecular complexity index is 680. The standard InChI is InChI=1S/C11H8F3N5O2/c12-11(13,14)7-4-2-1-3-6(7)5-16-17-10(20)8-9(15)19-21-18-8/h1-5H,(H2,15,19)(H,17,20)/b16-5+. The van der Waals surface area contributed by atoms with E-state index in [4.69, 9.17) is 5.73 Å². The average molecular weight is 299 g/mol. The highest BCUT2D eigenvalue weighted by atomic mass is 19.4. The number of anilines is 1. The molecule has 1 amide bonds. The maximum atomic E-state index is 12.7. The van der Waals surface area contributed by atoms with Crippen LogP contribution in [0.4, 0.5) is 19.0 Å². The van der Waals surface area contributed by atoms with Crippen LogP contribution in [0, 0.1) is 0 Å². The minimum atomic E-state index is -4.52. The first kappa shape index (κ1) is 14.5. The van der Waals surface area contributed by atoms with E-state index < -0.39 is 17.6 Å². The maximum absolute atomic E-state index is 12.7. The van der Waals surface area contributed by atoms with Gasteiger partial charge in [-0.1, -0.05) is 18.2 Å². The van der Waals surface area contributed by atoms with Crippen LogP contribution in [0.1, 0.15) is 21.6 Å². The predicted molar refractivity (Wildman–Crippen MR) is 65.2 cm³/mol. The summed E-state index contributed by atoms with van der Waals surface area (Å²) < 4.78 is 42.4. The van der Waals surface area contributed by atoms with Gasteiger partial charge < -0.3 is 5.73 Å². The number of carbonyl (C=O) groups excluding carboxylic acids is 1. The molecule has 2 rings (SSSR count). The molecule has 0 aliphatic carbocycles. The van der Waals surface area contributed by atoms with Gasteiger partial charge in [0.2, 0.25) is 11.5 Å². The molecule has 10 heteroatoms. The number of amides is 1. The van der Waals surface area contributed by atoms with Gasteiger partial charge in [0.1, 0.15) is 0 Å². The second-order valence-corrected chi connectivity index (χ2v) is 3.78. The zero-order valence-electron chi connectivity index (χ0n) is 10.3. The fourth-order valence-corrected chi connectivity index (χ4v) is 1.43. The monoisotopic (exact) mass is 299 g/mol. The van der Waals surface area contributed by atoms with Gasteiger partial charge in [-0.15, -0.1) is 0 Å². The molecule has 21 heavy (non-hydrogen) atoms. The minimum absolute atomic E-state index is 0.198. The fraction of sp³-hybridized carbons (Fsp3) is 0.0909. The van der Waals surface area contributed by atoms with Gasteiger partial charge >= 0.3 is 6.18 Å². The summed E-state index contributed by atoms with van der Waals surface area (Å²) in [5.41, 5.74) is 5.87. The Morgan fingerprint density at radius 3 is 2.67 bits per heavy atom. The van der Waals surface area contributed by atoms with E-state index in [2.05, 4.69) is 20.0 Å². The van der Waals surface area contributed by atoms with Gasteiger partial charge in [-0.25, -0.2) is 10.1 Å². The van der Waals surface area contributed by atoms with Crippen LogP contribution >= 0.6 is 0 Å². The van der Waals surface area contributed by atoms with E-state index in [-0.39, 0.29) is 17.1 Å². The molecule has 0 fully saturated rings. The highest BCUT2D eigenvalue weighted by Gasteiger charge is 2.32. The molecule has 0 bridgehead atoms. The summed E-state index contributed by atoms with van der Waals surface area (Å²) in [6.07, 6.45) is -3.66. The Balaban J connectivity index is 2.13. The van der Waals surface area contributed by atoms with E-state index in [1.54, 1.807) is 0 Å². The number of nitrogens with one attached hydrogen (secondary N) is 1. The Kier molecular flexibility index (Phi) is 3.87. The molecule has 1 aromatic carbocycles. The summed E-state index contributed by atoms with van der Waals surface area (Å²) in [5, 5.41) is 9.82. The second-order valence-electron chi connectivity index (χ2n) is 3.78. The van der Waals surface area contributed by atoms with Crippen molar-refractivity contribution in [3.05, 3.63) is 41.1 Å². The number of hydrogen-bond acceptors (Lipinski definition) is 6. The van der Waals surface area contributed by atoms with Crippen molar-refractivity contribution >= 4 is 17.9 Å². The normalized spacial score (nSPS) is 11.8. The van der Waals surface area contributed by atoms with Gasteiger partial charge in [0, 0.05) is 5.56 Å². The Morgan fingerprint density at radius 1 is 1.33 bits per heavy atom. The third-order valence-corrected chi connectivity index (χ3v) is 2.36. The lowest BCUT2D eigenvalue weighted by Crippen LogP contribution is -2.19. The molecular weight excluding hydrogens is 291 g/mol. The van der Waals surface area contributed by atoms with E-state index in [1.165, 1.54) is 18.2 Å². The van der Waals surface area contributed by atoms with Crippen LogP contribution in [0.2, 0.25) is 0 Å². The van der Waals surface area contributed by atoms with Crippen LogP contribution in [-0.2, 0) is 6.18 Å². The molecule has 0 aliphatic heterocycles. The Morgan fingerprint density at radius 2 is 2.05 bits per heavy atom. The summed E-state index contributed by atoms with van der Waals surface area (Å²) in [7, 11) is 0. The van der Waals surface area contributed by atoms with E-state index in [1.807, 2.05) is 5.43 Å². The first-order valence-corrected chi connectivity index (χ1v) is 5.47. The maximum Gasteiger partial charge on any atom is 0.417 e. The fourth-order valence-electron chi connectivity index (χ4n) is 1.43. The zero-order valence-corrected chi connectivity index (χ0v) is 10.3. The van der Waals surface area contributed by atoms with Crippen LogP contribution < -0.4 is 11.2 Å². The third kappa shape index (κ3) is 3.35. The number of carbonyl (C=O) groups is 1. The van der Waals surface area contributed by atoms with Gasteiger partial charge in [0.05, 0.1) is 11.8 Å². The summed E-state index contributed by atoms with van der Waals surface area (Å²) in [6, 6.07) is 4.78. The number of alkyl halides is 3. The molecule has 0 aliphatic rings. The van der Waals surface area contributed by atoms with E-state index in [0.29, 0.717) is 0 Å². The molecule has 1 heterocycles. The third-order valence-electron chi connectivity index (χ3n) is 2.36. The number of nitrogens with two attached hydrogens (primary N) is 1. The lowest BCUT2D eigenvalue weighted by Gasteiger charge is -2.08. The summed E-state index contributed by atoms with van der Waals surface area (Å²) in [6.45, 7) is 0. The van der Waals surface area contributed by atoms with E-state index >= 15 is 0 Å². The lowest BCUT2D eigenvalue weighted by atomic mass is 10.1. The van der Waals surface area contributed by atoms with Crippen LogP contribution in [0.3, 0.4) is 0 Å². The Labute approximate surface area is 115 Å². The first-order chi connectivity index (χ1) is 9.89. The molecule has 110 valence electrons. The minimum Gasteiger partial charge on any atom is -0.379 e. The molecule has 0 atom stereocenters. The molecule has 0 unspecified atom stereocenters. The average Bonchev–Trinajstić information content (AvgIpc) is 2.84. The molecule has 3 N–H and O–H groups in total. The van der Waals surface area contributed by atoms with Crippen molar-refractivity contribution in [3.8, 4) is 0 Å². The zero-order chi connectivity index (χ0) is 15.5. The van der Waals surface area contributed by atoms with E-state index in [9.17, 15) is 18.0 Å². The largest absolute Gasteiger partial charge is 0.417 e. The highest BCUT2D eigenvalue weighted by molar-refractivity contribution is 5.96. The molecule has 0 saturated heterocycles. The van der Waals surface area contributed by atoms with Crippen LogP contribution in [0.5, 0.6) is 0 Å². The highest BCUT2D eigenvalue weighted by Crippen LogP contribution is 2.30. The number of rotatable bonds is 3. The molecule has 1 aromatic heterocycles. The Hall–Kier alpha value is -2.91. The van der Waals surface area contributed by atoms with Crippen molar-refractivity contribution in [1.82, 2.24) is 15.7 Å². The van der Waals surface area contributed by atoms with Crippen molar-refractivity contribution in [3.63, 3.8) is 0 Å². The number of hydrazone groups is 1. The van der Waals surface area contributed by atoms with Crippen molar-refractivity contribution in [2.45, 2.75) is 6.18 Å². The van der Waals surface area contributed by atoms with Crippen LogP contribution in [-0.4, -0.2) is 22.4 Å². The van der Waals surface area contributed by atoms with Gasteiger partial charge in [0.25, 0.3) is 5.91 Å². The number of nitrogens with zero attached hydrogens (tertiary/aromatic N) is 3. The number of halogens is 3. The van der Waals surface area contributed by atoms with Gasteiger partial charge in [-0.3, -0.25) is 4.79 Å². The lowest BCUT2D eigenvalue weighted by molar-refractivity contribution is -0.137. The SMILES string of the molecule is Nc1nonc1C(=O)N/N=C/c1ccccc1C(F)(F)F. The first-order valence-electron chi connectivity index (χ1n) is 5.47. The number of nitrogen functional groups attached to an aromatic ring is 1.